The molecule has 4 aromatic rings. The number of ether oxygens (including phenoxy) is 1. The van der Waals surface area contributed by atoms with E-state index in [1.165, 1.54) is 35.6 Å². The number of hydrogen-bond donors (Lipinski definition) is 1. The molecule has 1 amide bonds. The van der Waals surface area contributed by atoms with Crippen LogP contribution >= 0.6 is 22.7 Å². The van der Waals surface area contributed by atoms with Gasteiger partial charge in [-0.05, 0) is 36.4 Å². The quantitative estimate of drug-likeness (QED) is 0.490. The molecule has 6 nitrogen and oxygen atoms in total. The maximum absolute atomic E-state index is 13.1. The van der Waals surface area contributed by atoms with Gasteiger partial charge in [0.05, 0.1) is 17.5 Å². The lowest BCUT2D eigenvalue weighted by atomic mass is 10.1. The summed E-state index contributed by atoms with van der Waals surface area (Å²) >= 11 is 2.90. The van der Waals surface area contributed by atoms with E-state index in [4.69, 9.17) is 4.74 Å². The van der Waals surface area contributed by atoms with Crippen molar-refractivity contribution in [3.63, 3.8) is 0 Å². The molecule has 9 heteroatoms. The lowest BCUT2D eigenvalue weighted by Crippen LogP contribution is -2.11. The zero-order valence-corrected chi connectivity index (χ0v) is 17.5. The molecular weight excluding hydrogens is 411 g/mol. The van der Waals surface area contributed by atoms with Gasteiger partial charge in [-0.3, -0.25) is 10.1 Å². The minimum atomic E-state index is -0.392. The highest BCUT2D eigenvalue weighted by atomic mass is 32.1. The smallest absolute Gasteiger partial charge is 0.257 e. The lowest BCUT2D eigenvalue weighted by Gasteiger charge is -2.06. The Morgan fingerprint density at radius 3 is 2.55 bits per heavy atom. The molecule has 0 aliphatic carbocycles. The van der Waals surface area contributed by atoms with Crippen LogP contribution in [0.1, 0.15) is 10.4 Å². The normalized spacial score (nSPS) is 10.9. The minimum absolute atomic E-state index is 0.354. The molecule has 0 bridgehead atoms. The molecule has 0 fully saturated rings. The Balaban J connectivity index is 1.73. The van der Waals surface area contributed by atoms with Crippen LogP contribution in [0.4, 0.5) is 14.7 Å². The summed E-state index contributed by atoms with van der Waals surface area (Å²) in [7, 11) is 5.47. The predicted molar refractivity (Wildman–Crippen MR) is 116 cm³/mol. The Morgan fingerprint density at radius 1 is 1.14 bits per heavy atom. The van der Waals surface area contributed by atoms with Crippen LogP contribution in [-0.2, 0) is 0 Å². The van der Waals surface area contributed by atoms with Crippen LogP contribution in [0, 0.1) is 5.82 Å². The molecule has 1 N–H and O–H groups in total. The number of carbonyl (C=O) groups is 1. The number of aromatic nitrogens is 2. The second kappa shape index (κ2) is 7.76. The van der Waals surface area contributed by atoms with Crippen molar-refractivity contribution in [3.05, 3.63) is 53.2 Å². The minimum Gasteiger partial charge on any atom is -0.494 e. The highest BCUT2D eigenvalue weighted by Gasteiger charge is 2.18. The molecule has 0 spiro atoms. The molecule has 2 heterocycles. The summed E-state index contributed by atoms with van der Waals surface area (Å²) < 4.78 is 19.4. The number of nitrogens with zero attached hydrogens (tertiary/aromatic N) is 3. The van der Waals surface area contributed by atoms with E-state index in [1.54, 1.807) is 18.4 Å². The predicted octanol–water partition coefficient (Wildman–Crippen LogP) is 4.89. The number of halogens is 1. The molecule has 29 heavy (non-hydrogen) atoms. The Kier molecular flexibility index (Phi) is 5.16. The van der Waals surface area contributed by atoms with Crippen LogP contribution in [0.2, 0.25) is 0 Å². The van der Waals surface area contributed by atoms with Crippen molar-refractivity contribution in [3.8, 4) is 17.0 Å². The fourth-order valence-corrected chi connectivity index (χ4v) is 4.53. The van der Waals surface area contributed by atoms with E-state index in [2.05, 4.69) is 15.3 Å². The van der Waals surface area contributed by atoms with E-state index in [1.807, 2.05) is 36.5 Å². The van der Waals surface area contributed by atoms with Gasteiger partial charge in [0.1, 0.15) is 17.1 Å². The second-order valence-electron chi connectivity index (χ2n) is 6.38. The number of methoxy groups -OCH3 is 1. The van der Waals surface area contributed by atoms with Crippen molar-refractivity contribution in [2.75, 3.05) is 31.4 Å². The average Bonchev–Trinajstić information content (AvgIpc) is 3.35. The van der Waals surface area contributed by atoms with Gasteiger partial charge in [-0.1, -0.05) is 11.3 Å². The Bertz CT molecular complexity index is 1190. The highest BCUT2D eigenvalue weighted by Crippen LogP contribution is 2.40. The van der Waals surface area contributed by atoms with E-state index >= 15 is 0 Å². The summed E-state index contributed by atoms with van der Waals surface area (Å²) in [6, 6.07) is 9.15. The average molecular weight is 429 g/mol. The van der Waals surface area contributed by atoms with Crippen LogP contribution in [0.15, 0.2) is 41.8 Å². The molecule has 2 aromatic heterocycles. The standard InChI is InChI=1S/C20H17FN4O2S2/c1-25(2)20-22-14(10-28-20)13-8-9-15(27-3)16-17(13)29-19(23-16)24-18(26)11-4-6-12(21)7-5-11/h4-10H,1-3H3,(H,23,24,26). The van der Waals surface area contributed by atoms with E-state index < -0.39 is 5.82 Å². The number of thiazole rings is 2. The number of anilines is 2. The summed E-state index contributed by atoms with van der Waals surface area (Å²) in [4.78, 5) is 23.6. The Morgan fingerprint density at radius 2 is 1.90 bits per heavy atom. The molecule has 4 rings (SSSR count). The fourth-order valence-electron chi connectivity index (χ4n) is 2.77. The van der Waals surface area contributed by atoms with Gasteiger partial charge in [-0.25, -0.2) is 14.4 Å². The summed E-state index contributed by atoms with van der Waals surface area (Å²) in [6.45, 7) is 0. The van der Waals surface area contributed by atoms with Crippen LogP contribution in [0.5, 0.6) is 5.75 Å². The zero-order chi connectivity index (χ0) is 20.5. The highest BCUT2D eigenvalue weighted by molar-refractivity contribution is 7.23. The molecule has 0 atom stereocenters. The summed E-state index contributed by atoms with van der Waals surface area (Å²) in [5.74, 6) is -0.130. The Hall–Kier alpha value is -3.04. The third-order valence-electron chi connectivity index (χ3n) is 4.20. The summed E-state index contributed by atoms with van der Waals surface area (Å²) in [5.41, 5.74) is 2.77. The second-order valence-corrected chi connectivity index (χ2v) is 8.22. The number of benzene rings is 2. The van der Waals surface area contributed by atoms with E-state index in [0.717, 1.165) is 21.1 Å². The molecule has 0 aliphatic heterocycles. The van der Waals surface area contributed by atoms with Gasteiger partial charge in [0, 0.05) is 30.6 Å². The van der Waals surface area contributed by atoms with Crippen LogP contribution in [-0.4, -0.2) is 37.1 Å². The Labute approximate surface area is 174 Å². The van der Waals surface area contributed by atoms with Gasteiger partial charge in [0.15, 0.2) is 10.3 Å². The van der Waals surface area contributed by atoms with Gasteiger partial charge >= 0.3 is 0 Å². The van der Waals surface area contributed by atoms with Gasteiger partial charge in [-0.2, -0.15) is 0 Å². The maximum atomic E-state index is 13.1. The number of amides is 1. The number of carbonyl (C=O) groups excluding carboxylic acids is 1. The molecule has 0 saturated carbocycles. The van der Waals surface area contributed by atoms with Crippen LogP contribution in [0.25, 0.3) is 21.5 Å². The van der Waals surface area contributed by atoms with E-state index in [9.17, 15) is 9.18 Å². The first-order valence-corrected chi connectivity index (χ1v) is 10.3. The molecule has 0 saturated heterocycles. The largest absolute Gasteiger partial charge is 0.494 e. The van der Waals surface area contributed by atoms with Crippen molar-refractivity contribution in [1.82, 2.24) is 9.97 Å². The zero-order valence-electron chi connectivity index (χ0n) is 15.9. The lowest BCUT2D eigenvalue weighted by molar-refractivity contribution is 0.102. The number of nitrogens with one attached hydrogen (secondary N) is 1. The number of fused-ring (bicyclic) bond motifs is 1. The molecule has 2 aromatic carbocycles. The summed E-state index contributed by atoms with van der Waals surface area (Å²) in [5, 5.41) is 6.11. The van der Waals surface area contributed by atoms with Gasteiger partial charge in [-0.15, -0.1) is 11.3 Å². The summed E-state index contributed by atoms with van der Waals surface area (Å²) in [6.07, 6.45) is 0. The topological polar surface area (TPSA) is 67.3 Å². The molecule has 148 valence electrons. The first-order chi connectivity index (χ1) is 14.0. The van der Waals surface area contributed by atoms with E-state index in [0.29, 0.717) is 22.0 Å². The van der Waals surface area contributed by atoms with Gasteiger partial charge in [0.2, 0.25) is 0 Å². The van der Waals surface area contributed by atoms with Crippen molar-refractivity contribution in [2.45, 2.75) is 0 Å². The van der Waals surface area contributed by atoms with Crippen LogP contribution in [0.3, 0.4) is 0 Å². The first-order valence-electron chi connectivity index (χ1n) is 8.64. The van der Waals surface area contributed by atoms with E-state index in [-0.39, 0.29) is 5.91 Å². The van der Waals surface area contributed by atoms with Crippen molar-refractivity contribution in [2.24, 2.45) is 0 Å². The molecule has 0 aliphatic rings. The molecule has 0 unspecified atom stereocenters. The molecule has 0 radical (unpaired) electrons. The monoisotopic (exact) mass is 428 g/mol. The van der Waals surface area contributed by atoms with Crippen molar-refractivity contribution >= 4 is 49.1 Å². The third kappa shape index (κ3) is 3.79. The van der Waals surface area contributed by atoms with Gasteiger partial charge < -0.3 is 9.64 Å². The fraction of sp³-hybridized carbons (Fsp3) is 0.150. The van der Waals surface area contributed by atoms with Crippen molar-refractivity contribution < 1.29 is 13.9 Å². The molecular formula is C20H17FN4O2S2. The maximum Gasteiger partial charge on any atom is 0.257 e. The third-order valence-corrected chi connectivity index (χ3v) is 6.22. The van der Waals surface area contributed by atoms with Crippen molar-refractivity contribution in [1.29, 1.82) is 0 Å². The van der Waals surface area contributed by atoms with Gasteiger partial charge in [0.25, 0.3) is 5.91 Å². The number of hydrogen-bond acceptors (Lipinski definition) is 7. The van der Waals surface area contributed by atoms with Crippen LogP contribution < -0.4 is 15.0 Å². The SMILES string of the molecule is COc1ccc(-c2csc(N(C)C)n2)c2sc(NC(=O)c3ccc(F)cc3)nc12. The number of rotatable bonds is 5. The first kappa shape index (κ1) is 19.3.